The highest BCUT2D eigenvalue weighted by Gasteiger charge is 2.35. The van der Waals surface area contributed by atoms with Gasteiger partial charge in [-0.25, -0.2) is 0 Å². The first kappa shape index (κ1) is 16.2. The molecule has 0 bridgehead atoms. The summed E-state index contributed by atoms with van der Waals surface area (Å²) in [6.45, 7) is -1.40. The van der Waals surface area contributed by atoms with Crippen LogP contribution in [0.3, 0.4) is 0 Å². The molecule has 0 fully saturated rings. The smallest absolute Gasteiger partial charge is 0.322 e. The van der Waals surface area contributed by atoms with Gasteiger partial charge < -0.3 is 41.1 Å². The summed E-state index contributed by atoms with van der Waals surface area (Å²) < 4.78 is 4.17. The van der Waals surface area contributed by atoms with Crippen LogP contribution >= 0.6 is 0 Å². The molecule has 0 amide bonds. The number of ether oxygens (including phenoxy) is 1. The summed E-state index contributed by atoms with van der Waals surface area (Å²) in [5.41, 5.74) is 4.87. The van der Waals surface area contributed by atoms with Gasteiger partial charge in [0, 0.05) is 0 Å². The molecule has 8 N–H and O–H groups in total. The monoisotopic (exact) mass is 255 g/mol. The Morgan fingerprint density at radius 1 is 1.06 bits per heavy atom. The van der Waals surface area contributed by atoms with Crippen molar-refractivity contribution in [3.63, 3.8) is 0 Å². The van der Waals surface area contributed by atoms with E-state index in [0.717, 1.165) is 0 Å². The number of aliphatic hydroxyl groups is 6. The summed E-state index contributed by atoms with van der Waals surface area (Å²) >= 11 is 0. The molecular weight excluding hydrogens is 238 g/mol. The molecule has 17 heavy (non-hydrogen) atoms. The van der Waals surface area contributed by atoms with Crippen LogP contribution in [0.25, 0.3) is 0 Å². The molecule has 5 atom stereocenters. The van der Waals surface area contributed by atoms with E-state index in [0.29, 0.717) is 0 Å². The number of hydrogen-bond acceptors (Lipinski definition) is 9. The van der Waals surface area contributed by atoms with Crippen molar-refractivity contribution < 1.29 is 40.2 Å². The minimum absolute atomic E-state index is 0.540. The fourth-order valence-electron chi connectivity index (χ4n) is 0.959. The van der Waals surface area contributed by atoms with Crippen LogP contribution in [0.4, 0.5) is 0 Å². The maximum atomic E-state index is 10.7. The second-order valence-corrected chi connectivity index (χ2v) is 3.31. The summed E-state index contributed by atoms with van der Waals surface area (Å²) in [4.78, 5) is 10.7. The first-order valence-corrected chi connectivity index (χ1v) is 4.75. The van der Waals surface area contributed by atoms with Crippen molar-refractivity contribution in [2.75, 3.05) is 13.2 Å². The molecule has 1 unspecified atom stereocenters. The Morgan fingerprint density at radius 2 is 1.59 bits per heavy atom. The topological polar surface area (TPSA) is 174 Å². The fraction of sp³-hybridized carbons (Fsp3) is 0.875. The van der Waals surface area contributed by atoms with Gasteiger partial charge in [-0.2, -0.15) is 0 Å². The highest BCUT2D eigenvalue weighted by molar-refractivity contribution is 5.71. The van der Waals surface area contributed by atoms with Gasteiger partial charge in [0.05, 0.1) is 13.2 Å². The molecule has 0 rings (SSSR count). The molecule has 0 aromatic heterocycles. The van der Waals surface area contributed by atoms with Crippen molar-refractivity contribution in [3.05, 3.63) is 0 Å². The van der Waals surface area contributed by atoms with E-state index in [9.17, 15) is 20.1 Å². The van der Waals surface area contributed by atoms with E-state index in [4.69, 9.17) is 21.1 Å². The van der Waals surface area contributed by atoms with Gasteiger partial charge in [0.15, 0.2) is 0 Å². The zero-order chi connectivity index (χ0) is 13.6. The Kier molecular flexibility index (Phi) is 7.15. The first-order valence-electron chi connectivity index (χ1n) is 4.75. The minimum atomic E-state index is -2.11. The number of hydrogen-bond donors (Lipinski definition) is 7. The Bertz CT molecular complexity index is 238. The van der Waals surface area contributed by atoms with Gasteiger partial charge in [0.25, 0.3) is 0 Å². The van der Waals surface area contributed by atoms with Crippen LogP contribution in [-0.4, -0.2) is 80.5 Å². The fourth-order valence-corrected chi connectivity index (χ4v) is 0.959. The molecule has 0 spiro atoms. The van der Waals surface area contributed by atoms with Crippen LogP contribution in [0, 0.1) is 0 Å². The molecule has 0 aliphatic carbocycles. The number of carbonyl (C=O) groups excluding carboxylic acids is 1. The van der Waals surface area contributed by atoms with E-state index in [-0.39, 0.29) is 0 Å². The zero-order valence-electron chi connectivity index (χ0n) is 8.88. The molecule has 9 nitrogen and oxygen atoms in total. The molecule has 0 aliphatic rings. The third-order valence-electron chi connectivity index (χ3n) is 1.99. The highest BCUT2D eigenvalue weighted by Crippen LogP contribution is 2.09. The Hall–Kier alpha value is -0.810. The Morgan fingerprint density at radius 3 is 2.00 bits per heavy atom. The molecule has 0 aliphatic heterocycles. The van der Waals surface area contributed by atoms with Crippen LogP contribution in [0.5, 0.6) is 0 Å². The summed E-state index contributed by atoms with van der Waals surface area (Å²) in [7, 11) is 0. The molecular formula is C8H17NO8. The summed E-state index contributed by atoms with van der Waals surface area (Å²) in [5, 5.41) is 54.4. The maximum Gasteiger partial charge on any atom is 0.322 e. The lowest BCUT2D eigenvalue weighted by molar-refractivity contribution is -0.212. The van der Waals surface area contributed by atoms with E-state index in [2.05, 4.69) is 4.74 Å². The Labute approximate surface area is 96.7 Å². The lowest BCUT2D eigenvalue weighted by Crippen LogP contribution is -2.51. The number of carbonyl (C=O) groups is 1. The standard InChI is InChI=1S/C8H17NO8/c9-1-4(12)17-8(16)7(15)6(14)5(13)3(11)2-10/h3,5-8,10-11,13-16H,1-2,9H2/t3-,5-,6+,7-,8?/m1/s1. The van der Waals surface area contributed by atoms with Crippen LogP contribution < -0.4 is 5.73 Å². The molecule has 0 radical (unpaired) electrons. The van der Waals surface area contributed by atoms with Crippen LogP contribution in [-0.2, 0) is 9.53 Å². The summed E-state index contributed by atoms with van der Waals surface area (Å²) in [5.74, 6) is -1.03. The molecule has 9 heteroatoms. The second kappa shape index (κ2) is 7.50. The summed E-state index contributed by atoms with van der Waals surface area (Å²) in [6.07, 6.45) is -9.81. The second-order valence-electron chi connectivity index (χ2n) is 3.31. The molecule has 0 saturated carbocycles. The third-order valence-corrected chi connectivity index (χ3v) is 1.99. The SMILES string of the molecule is NCC(=O)OC(O)[C@H](O)[C@@H](O)[C@H](O)[C@H](O)CO. The minimum Gasteiger partial charge on any atom is -0.432 e. The first-order chi connectivity index (χ1) is 7.84. The molecule has 102 valence electrons. The van der Waals surface area contributed by atoms with Crippen LogP contribution in [0.1, 0.15) is 0 Å². The number of nitrogens with two attached hydrogens (primary N) is 1. The molecule has 0 saturated heterocycles. The third kappa shape index (κ3) is 4.91. The van der Waals surface area contributed by atoms with Gasteiger partial charge in [-0.05, 0) is 0 Å². The maximum absolute atomic E-state index is 10.7. The molecule has 0 heterocycles. The lowest BCUT2D eigenvalue weighted by Gasteiger charge is -2.27. The summed E-state index contributed by atoms with van der Waals surface area (Å²) in [6, 6.07) is 0. The van der Waals surface area contributed by atoms with Crippen molar-refractivity contribution in [2.24, 2.45) is 5.73 Å². The van der Waals surface area contributed by atoms with E-state index < -0.39 is 49.8 Å². The lowest BCUT2D eigenvalue weighted by atomic mass is 10.0. The van der Waals surface area contributed by atoms with Crippen molar-refractivity contribution in [1.82, 2.24) is 0 Å². The van der Waals surface area contributed by atoms with Gasteiger partial charge >= 0.3 is 5.97 Å². The van der Waals surface area contributed by atoms with Crippen LogP contribution in [0.15, 0.2) is 0 Å². The predicted molar refractivity (Wildman–Crippen MR) is 52.3 cm³/mol. The van der Waals surface area contributed by atoms with Crippen molar-refractivity contribution in [3.8, 4) is 0 Å². The van der Waals surface area contributed by atoms with Gasteiger partial charge in [-0.1, -0.05) is 0 Å². The zero-order valence-corrected chi connectivity index (χ0v) is 8.88. The van der Waals surface area contributed by atoms with E-state index in [1.807, 2.05) is 0 Å². The highest BCUT2D eigenvalue weighted by atomic mass is 16.6. The van der Waals surface area contributed by atoms with E-state index in [1.54, 1.807) is 0 Å². The van der Waals surface area contributed by atoms with Gasteiger partial charge in [-0.15, -0.1) is 0 Å². The molecule has 0 aromatic carbocycles. The van der Waals surface area contributed by atoms with Gasteiger partial charge in [-0.3, -0.25) is 4.79 Å². The van der Waals surface area contributed by atoms with Crippen molar-refractivity contribution >= 4 is 5.97 Å². The average Bonchev–Trinajstić information content (AvgIpc) is 2.34. The van der Waals surface area contributed by atoms with E-state index in [1.165, 1.54) is 0 Å². The quantitative estimate of drug-likeness (QED) is 0.174. The Balaban J connectivity index is 4.37. The molecule has 0 aromatic rings. The number of aliphatic hydroxyl groups excluding tert-OH is 6. The van der Waals surface area contributed by atoms with Gasteiger partial charge in [0.2, 0.25) is 6.29 Å². The number of esters is 1. The largest absolute Gasteiger partial charge is 0.432 e. The normalized spacial score (nSPS) is 20.2. The van der Waals surface area contributed by atoms with Crippen molar-refractivity contribution in [2.45, 2.75) is 30.7 Å². The van der Waals surface area contributed by atoms with E-state index >= 15 is 0 Å². The van der Waals surface area contributed by atoms with Crippen LogP contribution in [0.2, 0.25) is 0 Å². The van der Waals surface area contributed by atoms with Gasteiger partial charge in [0.1, 0.15) is 24.4 Å². The van der Waals surface area contributed by atoms with Crippen molar-refractivity contribution in [1.29, 1.82) is 0 Å². The average molecular weight is 255 g/mol. The number of rotatable bonds is 7. The predicted octanol–water partition coefficient (Wildman–Crippen LogP) is -4.76.